The minimum atomic E-state index is -3.98. The maximum Gasteiger partial charge on any atom is 0.303 e. The fraction of sp³-hybridized carbons (Fsp3) is 0.320. The van der Waals surface area contributed by atoms with Crippen LogP contribution in [0.5, 0.6) is 0 Å². The van der Waals surface area contributed by atoms with E-state index in [4.69, 9.17) is 23.2 Å². The van der Waals surface area contributed by atoms with Crippen LogP contribution in [0.4, 0.5) is 0 Å². The first-order valence-corrected chi connectivity index (χ1v) is 13.7. The normalized spacial score (nSPS) is 16.2. The highest BCUT2D eigenvalue weighted by atomic mass is 35.5. The van der Waals surface area contributed by atoms with Gasteiger partial charge in [-0.2, -0.15) is 12.7 Å². The SMILES string of the molecule is CN=Cc1cccc(C2(NC(=O)c3cc4c(Cl)c(Cl)ccc4n3C)CCN(S(=O)(=O)NC(C)=O)CC2)c1. The summed E-state index contributed by atoms with van der Waals surface area (Å²) in [7, 11) is -0.530. The van der Waals surface area contributed by atoms with Gasteiger partial charge in [-0.1, -0.05) is 41.4 Å². The van der Waals surface area contributed by atoms with E-state index in [1.54, 1.807) is 43.1 Å². The predicted octanol–water partition coefficient (Wildman–Crippen LogP) is 3.64. The summed E-state index contributed by atoms with van der Waals surface area (Å²) < 4.78 is 30.2. The van der Waals surface area contributed by atoms with Gasteiger partial charge >= 0.3 is 10.2 Å². The topological polar surface area (TPSA) is 113 Å². The molecule has 37 heavy (non-hydrogen) atoms. The van der Waals surface area contributed by atoms with Gasteiger partial charge in [0.05, 0.1) is 15.6 Å². The second kappa shape index (κ2) is 10.4. The second-order valence-electron chi connectivity index (χ2n) is 8.99. The number of benzene rings is 2. The molecule has 12 heteroatoms. The van der Waals surface area contributed by atoms with E-state index in [1.807, 2.05) is 29.0 Å². The molecule has 0 unspecified atom stereocenters. The number of halogens is 2. The lowest BCUT2D eigenvalue weighted by Crippen LogP contribution is -2.56. The van der Waals surface area contributed by atoms with Crippen LogP contribution in [0.3, 0.4) is 0 Å². The summed E-state index contributed by atoms with van der Waals surface area (Å²) in [6.07, 6.45) is 2.30. The van der Waals surface area contributed by atoms with Crippen molar-refractivity contribution < 1.29 is 18.0 Å². The predicted molar refractivity (Wildman–Crippen MR) is 146 cm³/mol. The number of aromatic nitrogens is 1. The maximum absolute atomic E-state index is 13.7. The fourth-order valence-electron chi connectivity index (χ4n) is 4.75. The summed E-state index contributed by atoms with van der Waals surface area (Å²) in [5, 5.41) is 4.62. The maximum atomic E-state index is 13.7. The third-order valence-electron chi connectivity index (χ3n) is 6.60. The summed E-state index contributed by atoms with van der Waals surface area (Å²) in [5.41, 5.74) is 1.96. The Labute approximate surface area is 225 Å². The molecule has 0 saturated carbocycles. The van der Waals surface area contributed by atoms with E-state index in [1.165, 1.54) is 4.31 Å². The standard InChI is InChI=1S/C25H27Cl2N5O4S/c1-16(33)30-37(35,36)32-11-9-25(10-12-32,18-6-4-5-17(13-18)15-28-2)29-24(34)22-14-19-21(31(22)3)8-7-20(26)23(19)27/h4-8,13-15H,9-12H2,1-3H3,(H,29,34)(H,30,33). The smallest absolute Gasteiger partial charge is 0.303 e. The van der Waals surface area contributed by atoms with Crippen LogP contribution in [0.25, 0.3) is 10.9 Å². The molecule has 3 aromatic rings. The first kappa shape index (κ1) is 27.1. The average Bonchev–Trinajstić information content (AvgIpc) is 3.18. The number of rotatable bonds is 6. The first-order chi connectivity index (χ1) is 17.5. The molecule has 2 heterocycles. The Balaban J connectivity index is 1.71. The number of nitrogens with one attached hydrogen (secondary N) is 2. The number of piperidine rings is 1. The zero-order chi connectivity index (χ0) is 27.0. The Morgan fingerprint density at radius 3 is 2.46 bits per heavy atom. The Hall–Kier alpha value is -2.92. The fourth-order valence-corrected chi connectivity index (χ4v) is 6.29. The van der Waals surface area contributed by atoms with Crippen molar-refractivity contribution in [3.05, 3.63) is 69.3 Å². The largest absolute Gasteiger partial charge is 0.341 e. The van der Waals surface area contributed by atoms with Crippen LogP contribution >= 0.6 is 23.2 Å². The van der Waals surface area contributed by atoms with Crippen molar-refractivity contribution in [3.63, 3.8) is 0 Å². The molecule has 0 spiro atoms. The van der Waals surface area contributed by atoms with E-state index < -0.39 is 21.7 Å². The average molecular weight is 564 g/mol. The van der Waals surface area contributed by atoms with E-state index >= 15 is 0 Å². The van der Waals surface area contributed by atoms with E-state index in [2.05, 4.69) is 10.3 Å². The molecule has 2 aromatic carbocycles. The minimum Gasteiger partial charge on any atom is -0.341 e. The van der Waals surface area contributed by atoms with Gasteiger partial charge in [0.1, 0.15) is 5.69 Å². The number of carbonyl (C=O) groups excluding carboxylic acids is 2. The number of carbonyl (C=O) groups is 2. The number of aryl methyl sites for hydroxylation is 1. The molecule has 0 atom stereocenters. The van der Waals surface area contributed by atoms with Crippen molar-refractivity contribution in [2.75, 3.05) is 20.1 Å². The lowest BCUT2D eigenvalue weighted by atomic mass is 9.80. The van der Waals surface area contributed by atoms with Crippen LogP contribution < -0.4 is 10.0 Å². The lowest BCUT2D eigenvalue weighted by Gasteiger charge is -2.42. The number of nitrogens with zero attached hydrogens (tertiary/aromatic N) is 3. The monoisotopic (exact) mass is 563 g/mol. The van der Waals surface area contributed by atoms with Gasteiger partial charge in [-0.15, -0.1) is 0 Å². The molecule has 1 saturated heterocycles. The van der Waals surface area contributed by atoms with Gasteiger partial charge in [-0.3, -0.25) is 14.6 Å². The molecule has 9 nitrogen and oxygen atoms in total. The number of amides is 2. The zero-order valence-corrected chi connectivity index (χ0v) is 22.9. The Morgan fingerprint density at radius 2 is 1.81 bits per heavy atom. The molecular weight excluding hydrogens is 537 g/mol. The summed E-state index contributed by atoms with van der Waals surface area (Å²) in [6, 6.07) is 12.8. The van der Waals surface area contributed by atoms with Crippen LogP contribution in [0.15, 0.2) is 47.5 Å². The van der Waals surface area contributed by atoms with Crippen LogP contribution in [-0.4, -0.2) is 55.5 Å². The Bertz CT molecular complexity index is 1510. The van der Waals surface area contributed by atoms with E-state index in [-0.39, 0.29) is 19.0 Å². The van der Waals surface area contributed by atoms with Crippen molar-refractivity contribution >= 4 is 62.3 Å². The third kappa shape index (κ3) is 5.38. The molecule has 0 aliphatic carbocycles. The van der Waals surface area contributed by atoms with Crippen molar-refractivity contribution in [2.45, 2.75) is 25.3 Å². The number of fused-ring (bicyclic) bond motifs is 1. The van der Waals surface area contributed by atoms with Crippen LogP contribution in [-0.2, 0) is 27.6 Å². The second-order valence-corrected chi connectivity index (χ2v) is 11.4. The van der Waals surface area contributed by atoms with Crippen LogP contribution in [0, 0.1) is 0 Å². The molecule has 2 amide bonds. The Kier molecular flexibility index (Phi) is 7.66. The number of aliphatic imine (C=N–C) groups is 1. The lowest BCUT2D eigenvalue weighted by molar-refractivity contribution is -0.117. The van der Waals surface area contributed by atoms with Gasteiger partial charge < -0.3 is 9.88 Å². The molecule has 1 aliphatic heterocycles. The van der Waals surface area contributed by atoms with Crippen molar-refractivity contribution in [1.82, 2.24) is 18.9 Å². The molecule has 0 radical (unpaired) electrons. The molecule has 0 bridgehead atoms. The highest BCUT2D eigenvalue weighted by molar-refractivity contribution is 7.87. The zero-order valence-electron chi connectivity index (χ0n) is 20.6. The van der Waals surface area contributed by atoms with Gasteiger partial charge in [0, 0.05) is 51.2 Å². The van der Waals surface area contributed by atoms with E-state index in [0.717, 1.165) is 23.6 Å². The first-order valence-electron chi connectivity index (χ1n) is 11.5. The summed E-state index contributed by atoms with van der Waals surface area (Å²) in [6.45, 7) is 1.35. The van der Waals surface area contributed by atoms with Crippen molar-refractivity contribution in [2.24, 2.45) is 12.0 Å². The van der Waals surface area contributed by atoms with E-state index in [0.29, 0.717) is 34.0 Å². The molecule has 4 rings (SSSR count). The van der Waals surface area contributed by atoms with Crippen molar-refractivity contribution in [3.8, 4) is 0 Å². The van der Waals surface area contributed by atoms with Crippen LogP contribution in [0.1, 0.15) is 41.4 Å². The number of hydrogen-bond acceptors (Lipinski definition) is 5. The molecule has 196 valence electrons. The van der Waals surface area contributed by atoms with E-state index in [9.17, 15) is 18.0 Å². The highest BCUT2D eigenvalue weighted by Crippen LogP contribution is 2.36. The Morgan fingerprint density at radius 1 is 1.11 bits per heavy atom. The molecule has 1 aliphatic rings. The molecule has 1 aromatic heterocycles. The summed E-state index contributed by atoms with van der Waals surface area (Å²) in [5.74, 6) is -0.996. The van der Waals surface area contributed by atoms with Gasteiger partial charge in [0.2, 0.25) is 5.91 Å². The summed E-state index contributed by atoms with van der Waals surface area (Å²) in [4.78, 5) is 29.2. The van der Waals surface area contributed by atoms with Gasteiger partial charge in [-0.25, -0.2) is 4.72 Å². The minimum absolute atomic E-state index is 0.103. The molecular formula is C25H27Cl2N5O4S. The summed E-state index contributed by atoms with van der Waals surface area (Å²) >= 11 is 12.6. The van der Waals surface area contributed by atoms with Gasteiger partial charge in [0.15, 0.2) is 0 Å². The third-order valence-corrected chi connectivity index (χ3v) is 9.01. The van der Waals surface area contributed by atoms with Crippen LogP contribution in [0.2, 0.25) is 10.0 Å². The molecule has 1 fully saturated rings. The molecule has 2 N–H and O–H groups in total. The van der Waals surface area contributed by atoms with Crippen molar-refractivity contribution in [1.29, 1.82) is 0 Å². The number of hydrogen-bond donors (Lipinski definition) is 2. The quantitative estimate of drug-likeness (QED) is 0.446. The van der Waals surface area contributed by atoms with Gasteiger partial charge in [-0.05, 0) is 48.2 Å². The highest BCUT2D eigenvalue weighted by Gasteiger charge is 2.41. The van der Waals surface area contributed by atoms with Gasteiger partial charge in [0.25, 0.3) is 5.91 Å².